The summed E-state index contributed by atoms with van der Waals surface area (Å²) in [6, 6.07) is 14.1. The van der Waals surface area contributed by atoms with Gasteiger partial charge in [0.1, 0.15) is 29.4 Å². The quantitative estimate of drug-likeness (QED) is 0.180. The van der Waals surface area contributed by atoms with E-state index in [0.717, 1.165) is 34.6 Å². The number of nitrogens with zero attached hydrogens (tertiary/aromatic N) is 3. The molecule has 1 saturated carbocycles. The molecule has 2 aliphatic rings. The topological polar surface area (TPSA) is 117 Å². The summed E-state index contributed by atoms with van der Waals surface area (Å²) < 4.78 is 17.3. The van der Waals surface area contributed by atoms with E-state index in [1.807, 2.05) is 36.1 Å². The monoisotopic (exact) mass is 632 g/mol. The number of aromatic nitrogens is 1. The van der Waals surface area contributed by atoms with Crippen molar-refractivity contribution in [3.05, 3.63) is 76.8 Å². The van der Waals surface area contributed by atoms with Crippen LogP contribution < -0.4 is 19.9 Å². The number of carbonyl (C=O) groups excluding carboxylic acids is 2. The first kappa shape index (κ1) is 30.7. The molecule has 1 aliphatic heterocycles. The predicted octanol–water partition coefficient (Wildman–Crippen LogP) is 6.06. The van der Waals surface area contributed by atoms with Crippen LogP contribution in [-0.2, 0) is 20.7 Å². The molecule has 0 spiro atoms. The molecule has 3 heterocycles. The maximum absolute atomic E-state index is 12.1. The molecule has 45 heavy (non-hydrogen) atoms. The van der Waals surface area contributed by atoms with Crippen molar-refractivity contribution < 1.29 is 28.6 Å². The number of rotatable bonds is 12. The van der Waals surface area contributed by atoms with Gasteiger partial charge in [-0.3, -0.25) is 14.6 Å². The Hall–Kier alpha value is -4.28. The molecular weight excluding hydrogens is 596 g/mol. The number of aryl methyl sites for hydroxylation is 2. The van der Waals surface area contributed by atoms with Crippen molar-refractivity contribution in [2.45, 2.75) is 58.2 Å². The van der Waals surface area contributed by atoms with Gasteiger partial charge in [0.2, 0.25) is 5.91 Å². The zero-order valence-corrected chi connectivity index (χ0v) is 26.2. The minimum atomic E-state index is -0.976. The predicted molar refractivity (Wildman–Crippen MR) is 172 cm³/mol. The van der Waals surface area contributed by atoms with Crippen molar-refractivity contribution in [3.63, 3.8) is 0 Å². The molecule has 11 heteroatoms. The number of anilines is 2. The number of nitrogens with one attached hydrogen (secondary N) is 1. The summed E-state index contributed by atoms with van der Waals surface area (Å²) in [6.45, 7) is 5.31. The second-order valence-corrected chi connectivity index (χ2v) is 11.8. The zero-order chi connectivity index (χ0) is 31.5. The lowest BCUT2D eigenvalue weighted by Gasteiger charge is -2.41. The largest absolute Gasteiger partial charge is 0.465 e. The number of carbonyl (C=O) groups is 2. The molecule has 6 rings (SSSR count). The highest BCUT2D eigenvalue weighted by atomic mass is 35.5. The van der Waals surface area contributed by atoms with Crippen molar-refractivity contribution in [3.8, 4) is 11.5 Å². The van der Waals surface area contributed by atoms with Gasteiger partial charge in [0.15, 0.2) is 6.23 Å². The summed E-state index contributed by atoms with van der Waals surface area (Å²) in [5, 5.41) is 15.5. The van der Waals surface area contributed by atoms with Gasteiger partial charge in [0, 0.05) is 55.8 Å². The molecule has 4 aromatic rings. The Kier molecular flexibility index (Phi) is 9.14. The van der Waals surface area contributed by atoms with E-state index in [0.29, 0.717) is 53.1 Å². The molecule has 1 fully saturated rings. The van der Waals surface area contributed by atoms with Gasteiger partial charge in [0.05, 0.1) is 28.6 Å². The summed E-state index contributed by atoms with van der Waals surface area (Å²) >= 11 is 6.67. The third-order valence-electron chi connectivity index (χ3n) is 8.31. The van der Waals surface area contributed by atoms with Gasteiger partial charge in [-0.25, -0.2) is 0 Å². The van der Waals surface area contributed by atoms with E-state index in [2.05, 4.69) is 21.3 Å². The fourth-order valence-electron chi connectivity index (χ4n) is 5.86. The highest BCUT2D eigenvalue weighted by molar-refractivity contribution is 6.32. The molecule has 1 atom stereocenters. The highest BCUT2D eigenvalue weighted by Gasteiger charge is 2.36. The van der Waals surface area contributed by atoms with E-state index in [1.165, 1.54) is 12.8 Å². The summed E-state index contributed by atoms with van der Waals surface area (Å²) in [4.78, 5) is 32.3. The van der Waals surface area contributed by atoms with Crippen LogP contribution in [0.4, 0.5) is 11.4 Å². The summed E-state index contributed by atoms with van der Waals surface area (Å²) in [7, 11) is 0. The Bertz CT molecular complexity index is 1700. The molecule has 2 N–H and O–H groups in total. The van der Waals surface area contributed by atoms with Gasteiger partial charge in [0.25, 0.3) is 0 Å². The number of para-hydroxylation sites is 2. The van der Waals surface area contributed by atoms with Gasteiger partial charge >= 0.3 is 5.97 Å². The molecule has 1 unspecified atom stereocenters. The number of hydrogen-bond donors (Lipinski definition) is 2. The number of amides is 1. The van der Waals surface area contributed by atoms with E-state index in [4.69, 9.17) is 25.5 Å². The Labute approximate surface area is 266 Å². The molecule has 236 valence electrons. The zero-order valence-electron chi connectivity index (χ0n) is 25.4. The number of aliphatic hydroxyl groups excluding tert-OH is 1. The molecule has 10 nitrogen and oxygen atoms in total. The lowest BCUT2D eigenvalue weighted by Crippen LogP contribution is -2.43. The first-order valence-corrected chi connectivity index (χ1v) is 15.8. The van der Waals surface area contributed by atoms with Crippen molar-refractivity contribution in [1.29, 1.82) is 0 Å². The number of hydrogen-bond acceptors (Lipinski definition) is 9. The van der Waals surface area contributed by atoms with Crippen LogP contribution in [0.25, 0.3) is 11.0 Å². The fraction of sp³-hybridized carbons (Fsp3) is 0.382. The third kappa shape index (κ3) is 6.72. The number of halogens is 1. The van der Waals surface area contributed by atoms with Crippen LogP contribution in [0.5, 0.6) is 11.5 Å². The van der Waals surface area contributed by atoms with Gasteiger partial charge < -0.3 is 34.1 Å². The number of fused-ring (bicyclic) bond motifs is 2. The first-order valence-electron chi connectivity index (χ1n) is 15.4. The van der Waals surface area contributed by atoms with Crippen LogP contribution in [0, 0.1) is 6.92 Å². The average Bonchev–Trinajstić information content (AvgIpc) is 3.85. The number of ether oxygens (including phenoxy) is 2. The van der Waals surface area contributed by atoms with E-state index in [1.54, 1.807) is 31.5 Å². The second kappa shape index (κ2) is 13.4. The fourth-order valence-corrected chi connectivity index (χ4v) is 6.05. The molecule has 0 bridgehead atoms. The third-order valence-corrected chi connectivity index (χ3v) is 8.60. The smallest absolute Gasteiger partial charge is 0.325 e. The summed E-state index contributed by atoms with van der Waals surface area (Å²) in [6.07, 6.45) is 6.02. The molecule has 2 aromatic heterocycles. The SMILES string of the molecule is CCOC(=O)CNC(=O)CCCc1oc2cc(Cl)c(Oc3ccncc3C(O)N3CCN(C4CC4)c4ccccc43)cc2c1C. The first-order chi connectivity index (χ1) is 21.8. The summed E-state index contributed by atoms with van der Waals surface area (Å²) in [5.41, 5.74) is 4.20. The number of furan rings is 1. The maximum Gasteiger partial charge on any atom is 0.325 e. The molecule has 1 aliphatic carbocycles. The molecule has 0 saturated heterocycles. The molecule has 1 amide bonds. The summed E-state index contributed by atoms with van der Waals surface area (Å²) in [5.74, 6) is 0.951. The number of pyridine rings is 1. The number of aliphatic hydroxyl groups is 1. The minimum Gasteiger partial charge on any atom is -0.465 e. The van der Waals surface area contributed by atoms with E-state index >= 15 is 0 Å². The van der Waals surface area contributed by atoms with Gasteiger partial charge in [-0.1, -0.05) is 23.7 Å². The lowest BCUT2D eigenvalue weighted by atomic mass is 10.1. The molecule has 0 radical (unpaired) electrons. The Morgan fingerprint density at radius 2 is 1.96 bits per heavy atom. The Morgan fingerprint density at radius 1 is 1.16 bits per heavy atom. The Balaban J connectivity index is 1.17. The van der Waals surface area contributed by atoms with E-state index < -0.39 is 12.2 Å². The van der Waals surface area contributed by atoms with E-state index in [-0.39, 0.29) is 25.5 Å². The molecule has 2 aromatic carbocycles. The van der Waals surface area contributed by atoms with Crippen molar-refractivity contribution in [1.82, 2.24) is 10.3 Å². The normalized spacial score (nSPS) is 15.1. The number of esters is 1. The second-order valence-electron chi connectivity index (χ2n) is 11.4. The van der Waals surface area contributed by atoms with Gasteiger partial charge in [-0.2, -0.15) is 0 Å². The van der Waals surface area contributed by atoms with Crippen LogP contribution in [0.1, 0.15) is 55.7 Å². The van der Waals surface area contributed by atoms with Crippen LogP contribution in [0.15, 0.2) is 59.3 Å². The highest BCUT2D eigenvalue weighted by Crippen LogP contribution is 2.44. The van der Waals surface area contributed by atoms with E-state index in [9.17, 15) is 14.7 Å². The average molecular weight is 633 g/mol. The Morgan fingerprint density at radius 3 is 2.73 bits per heavy atom. The van der Waals surface area contributed by atoms with Crippen LogP contribution in [0.3, 0.4) is 0 Å². The van der Waals surface area contributed by atoms with Gasteiger partial charge in [-0.05, 0) is 62.9 Å². The van der Waals surface area contributed by atoms with Crippen molar-refractivity contribution in [2.24, 2.45) is 0 Å². The standard InChI is InChI=1S/C34H37ClN4O6/c1-3-43-33(41)20-37-32(40)10-6-9-28-21(2)23-17-31(25(35)18-30(23)44-28)45-29-13-14-36-19-24(29)34(42)39-16-15-38(22-11-12-22)26-7-4-5-8-27(26)39/h4-5,7-8,13-14,17-19,22,34,42H,3,6,9-12,15-16,20H2,1-2H3,(H,37,40). The number of benzene rings is 2. The van der Waals surface area contributed by atoms with Crippen LogP contribution in [0.2, 0.25) is 5.02 Å². The maximum atomic E-state index is 12.1. The van der Waals surface area contributed by atoms with Crippen LogP contribution in [-0.4, -0.2) is 54.2 Å². The van der Waals surface area contributed by atoms with Crippen molar-refractivity contribution in [2.75, 3.05) is 36.0 Å². The minimum absolute atomic E-state index is 0.141. The lowest BCUT2D eigenvalue weighted by molar-refractivity contribution is -0.143. The van der Waals surface area contributed by atoms with Crippen molar-refractivity contribution >= 4 is 45.8 Å². The molecular formula is C34H37ClN4O6. The van der Waals surface area contributed by atoms with Gasteiger partial charge in [-0.15, -0.1) is 0 Å². The van der Waals surface area contributed by atoms with Crippen LogP contribution >= 0.6 is 11.6 Å².